The van der Waals surface area contributed by atoms with Gasteiger partial charge in [-0.1, -0.05) is 30.3 Å². The first-order chi connectivity index (χ1) is 8.38. The Balaban J connectivity index is 2.43. The van der Waals surface area contributed by atoms with Crippen LogP contribution in [0, 0.1) is 0 Å². The standard InChI is InChI=1S/C14H23NOS/c1-16-10-9-15-12-14(8-11-17-2)13-6-4-3-5-7-13/h3-7,14-15H,8-12H2,1-2H3. The largest absolute Gasteiger partial charge is 0.383 e. The third kappa shape index (κ3) is 6.10. The van der Waals surface area contributed by atoms with Gasteiger partial charge in [-0.3, -0.25) is 0 Å². The highest BCUT2D eigenvalue weighted by molar-refractivity contribution is 7.98. The van der Waals surface area contributed by atoms with Crippen molar-refractivity contribution >= 4 is 11.8 Å². The number of hydrogen-bond donors (Lipinski definition) is 1. The lowest BCUT2D eigenvalue weighted by atomic mass is 9.96. The Labute approximate surface area is 109 Å². The molecule has 2 nitrogen and oxygen atoms in total. The highest BCUT2D eigenvalue weighted by Crippen LogP contribution is 2.20. The molecule has 0 radical (unpaired) electrons. The van der Waals surface area contributed by atoms with E-state index < -0.39 is 0 Å². The molecule has 1 N–H and O–H groups in total. The first kappa shape index (κ1) is 14.6. The summed E-state index contributed by atoms with van der Waals surface area (Å²) >= 11 is 1.92. The fourth-order valence-corrected chi connectivity index (χ4v) is 2.34. The van der Waals surface area contributed by atoms with Gasteiger partial charge in [0.2, 0.25) is 0 Å². The minimum absolute atomic E-state index is 0.612. The van der Waals surface area contributed by atoms with Crippen LogP contribution < -0.4 is 5.32 Å². The maximum absolute atomic E-state index is 5.04. The zero-order chi connectivity index (χ0) is 12.3. The van der Waals surface area contributed by atoms with Crippen LogP contribution in [0.4, 0.5) is 0 Å². The molecule has 96 valence electrons. The Kier molecular flexibility index (Phi) is 8.14. The van der Waals surface area contributed by atoms with E-state index in [-0.39, 0.29) is 0 Å². The van der Waals surface area contributed by atoms with Gasteiger partial charge in [-0.25, -0.2) is 0 Å². The van der Waals surface area contributed by atoms with Gasteiger partial charge >= 0.3 is 0 Å². The molecular formula is C14H23NOS. The summed E-state index contributed by atoms with van der Waals surface area (Å²) in [5, 5.41) is 3.46. The van der Waals surface area contributed by atoms with Crippen LogP contribution in [0.15, 0.2) is 30.3 Å². The second-order valence-electron chi connectivity index (χ2n) is 4.09. The van der Waals surface area contributed by atoms with E-state index in [9.17, 15) is 0 Å². The van der Waals surface area contributed by atoms with Crippen LogP contribution in [0.25, 0.3) is 0 Å². The van der Waals surface area contributed by atoms with E-state index in [2.05, 4.69) is 41.9 Å². The molecule has 0 amide bonds. The molecule has 0 aliphatic heterocycles. The van der Waals surface area contributed by atoms with Crippen molar-refractivity contribution in [3.8, 4) is 0 Å². The second-order valence-corrected chi connectivity index (χ2v) is 5.07. The number of ether oxygens (including phenoxy) is 1. The minimum Gasteiger partial charge on any atom is -0.383 e. The van der Waals surface area contributed by atoms with E-state index in [1.165, 1.54) is 17.7 Å². The average Bonchev–Trinajstić information content (AvgIpc) is 2.39. The van der Waals surface area contributed by atoms with Crippen molar-refractivity contribution in [2.75, 3.05) is 38.8 Å². The minimum atomic E-state index is 0.612. The topological polar surface area (TPSA) is 21.3 Å². The predicted molar refractivity (Wildman–Crippen MR) is 76.9 cm³/mol. The number of hydrogen-bond acceptors (Lipinski definition) is 3. The van der Waals surface area contributed by atoms with Gasteiger partial charge in [0.15, 0.2) is 0 Å². The Hall–Kier alpha value is -0.510. The Morgan fingerprint density at radius 3 is 2.71 bits per heavy atom. The van der Waals surface area contributed by atoms with Crippen LogP contribution in [0.2, 0.25) is 0 Å². The SMILES string of the molecule is COCCNCC(CCSC)c1ccccc1. The number of methoxy groups -OCH3 is 1. The molecule has 0 aromatic heterocycles. The quantitative estimate of drug-likeness (QED) is 0.684. The molecule has 17 heavy (non-hydrogen) atoms. The lowest BCUT2D eigenvalue weighted by Crippen LogP contribution is -2.25. The van der Waals surface area contributed by atoms with Gasteiger partial charge < -0.3 is 10.1 Å². The van der Waals surface area contributed by atoms with Crippen LogP contribution in [-0.2, 0) is 4.74 Å². The third-order valence-electron chi connectivity index (χ3n) is 2.82. The molecule has 0 aliphatic carbocycles. The van der Waals surface area contributed by atoms with Crippen LogP contribution >= 0.6 is 11.8 Å². The number of rotatable bonds is 9. The maximum atomic E-state index is 5.04. The summed E-state index contributed by atoms with van der Waals surface area (Å²) in [4.78, 5) is 0. The van der Waals surface area contributed by atoms with Crippen LogP contribution in [0.1, 0.15) is 17.9 Å². The molecule has 3 heteroatoms. The number of thioether (sulfide) groups is 1. The van der Waals surface area contributed by atoms with E-state index in [0.29, 0.717) is 5.92 Å². The molecule has 0 aliphatic rings. The molecule has 1 atom stereocenters. The molecule has 1 rings (SSSR count). The second kappa shape index (κ2) is 9.51. The van der Waals surface area contributed by atoms with Gasteiger partial charge in [-0.15, -0.1) is 0 Å². The van der Waals surface area contributed by atoms with Crippen molar-refractivity contribution in [1.29, 1.82) is 0 Å². The normalized spacial score (nSPS) is 12.6. The summed E-state index contributed by atoms with van der Waals surface area (Å²) < 4.78 is 5.04. The zero-order valence-corrected chi connectivity index (χ0v) is 11.6. The first-order valence-corrected chi connectivity index (χ1v) is 7.51. The molecule has 0 heterocycles. The van der Waals surface area contributed by atoms with E-state index in [1.54, 1.807) is 7.11 Å². The van der Waals surface area contributed by atoms with E-state index in [0.717, 1.165) is 19.7 Å². The lowest BCUT2D eigenvalue weighted by Gasteiger charge is -2.17. The van der Waals surface area contributed by atoms with Crippen LogP contribution in [0.5, 0.6) is 0 Å². The molecule has 0 bridgehead atoms. The van der Waals surface area contributed by atoms with Gasteiger partial charge in [0, 0.05) is 20.2 Å². The third-order valence-corrected chi connectivity index (χ3v) is 3.46. The van der Waals surface area contributed by atoms with Crippen molar-refractivity contribution in [3.05, 3.63) is 35.9 Å². The monoisotopic (exact) mass is 253 g/mol. The van der Waals surface area contributed by atoms with Gasteiger partial charge in [0.1, 0.15) is 0 Å². The molecule has 0 spiro atoms. The molecule has 0 fully saturated rings. The average molecular weight is 253 g/mol. The molecule has 0 saturated carbocycles. The molecular weight excluding hydrogens is 230 g/mol. The summed E-state index contributed by atoms with van der Waals surface area (Å²) in [5.41, 5.74) is 1.44. The molecule has 1 aromatic carbocycles. The molecule has 1 unspecified atom stereocenters. The first-order valence-electron chi connectivity index (χ1n) is 6.12. The summed E-state index contributed by atoms with van der Waals surface area (Å²) in [6.45, 7) is 2.75. The maximum Gasteiger partial charge on any atom is 0.0587 e. The summed E-state index contributed by atoms with van der Waals surface area (Å²) in [7, 11) is 1.74. The van der Waals surface area contributed by atoms with Gasteiger partial charge in [-0.05, 0) is 29.9 Å². The van der Waals surface area contributed by atoms with Crippen molar-refractivity contribution in [2.45, 2.75) is 12.3 Å². The number of benzene rings is 1. The van der Waals surface area contributed by atoms with Gasteiger partial charge in [-0.2, -0.15) is 11.8 Å². The van der Waals surface area contributed by atoms with Crippen LogP contribution in [0.3, 0.4) is 0 Å². The van der Waals surface area contributed by atoms with Gasteiger partial charge in [0.05, 0.1) is 6.61 Å². The predicted octanol–water partition coefficient (Wildman–Crippen LogP) is 2.76. The Morgan fingerprint density at radius 1 is 1.29 bits per heavy atom. The molecule has 0 saturated heterocycles. The smallest absolute Gasteiger partial charge is 0.0587 e. The number of nitrogens with one attached hydrogen (secondary N) is 1. The highest BCUT2D eigenvalue weighted by Gasteiger charge is 2.10. The van der Waals surface area contributed by atoms with Crippen LogP contribution in [-0.4, -0.2) is 38.8 Å². The van der Waals surface area contributed by atoms with E-state index in [1.807, 2.05) is 11.8 Å². The van der Waals surface area contributed by atoms with Gasteiger partial charge in [0.25, 0.3) is 0 Å². The molecule has 1 aromatic rings. The van der Waals surface area contributed by atoms with Crippen molar-refractivity contribution in [3.63, 3.8) is 0 Å². The Morgan fingerprint density at radius 2 is 2.06 bits per heavy atom. The van der Waals surface area contributed by atoms with E-state index in [4.69, 9.17) is 4.74 Å². The van der Waals surface area contributed by atoms with Crippen molar-refractivity contribution in [1.82, 2.24) is 5.32 Å². The Bertz CT molecular complexity index is 279. The fraction of sp³-hybridized carbons (Fsp3) is 0.571. The fourth-order valence-electron chi connectivity index (χ4n) is 1.82. The van der Waals surface area contributed by atoms with E-state index >= 15 is 0 Å². The lowest BCUT2D eigenvalue weighted by molar-refractivity contribution is 0.199. The summed E-state index contributed by atoms with van der Waals surface area (Å²) in [5.74, 6) is 1.83. The van der Waals surface area contributed by atoms with Crippen molar-refractivity contribution < 1.29 is 4.74 Å². The summed E-state index contributed by atoms with van der Waals surface area (Å²) in [6, 6.07) is 10.8. The summed E-state index contributed by atoms with van der Waals surface area (Å²) in [6.07, 6.45) is 3.39. The van der Waals surface area contributed by atoms with Crippen molar-refractivity contribution in [2.24, 2.45) is 0 Å². The zero-order valence-electron chi connectivity index (χ0n) is 10.8. The highest BCUT2D eigenvalue weighted by atomic mass is 32.2.